The molecule has 0 heterocycles. The van der Waals surface area contributed by atoms with Crippen molar-refractivity contribution in [1.82, 2.24) is 0 Å². The van der Waals surface area contributed by atoms with Gasteiger partial charge in [-0.3, -0.25) is 0 Å². The SMILES string of the molecule is CC(Cl)OC(=O)[C@@H](C)OC(c1ccccc1)(c1ccccc1)c1ccccc1.C[C@@H](OC(c1ccccc1)(c1ccccc1)c1ccccc1)C(=O)O. The van der Waals surface area contributed by atoms with Gasteiger partial charge in [-0.25, -0.2) is 9.59 Å². The summed E-state index contributed by atoms with van der Waals surface area (Å²) in [6.45, 7) is 4.85. The van der Waals surface area contributed by atoms with Gasteiger partial charge in [-0.05, 0) is 54.2 Å². The average molecular weight is 727 g/mol. The summed E-state index contributed by atoms with van der Waals surface area (Å²) in [7, 11) is 0. The Hall–Kier alpha value is -5.53. The summed E-state index contributed by atoms with van der Waals surface area (Å²) in [4.78, 5) is 24.0. The molecule has 0 aliphatic carbocycles. The number of halogens is 1. The van der Waals surface area contributed by atoms with E-state index in [2.05, 4.69) is 0 Å². The number of carboxylic acid groups (broad SMARTS) is 1. The van der Waals surface area contributed by atoms with E-state index in [0.717, 1.165) is 33.4 Å². The fourth-order valence-electron chi connectivity index (χ4n) is 6.33. The molecule has 1 unspecified atom stereocenters. The van der Waals surface area contributed by atoms with Crippen LogP contribution in [0.25, 0.3) is 0 Å². The van der Waals surface area contributed by atoms with Gasteiger partial charge in [0, 0.05) is 0 Å². The van der Waals surface area contributed by atoms with E-state index >= 15 is 0 Å². The van der Waals surface area contributed by atoms with Crippen molar-refractivity contribution in [2.24, 2.45) is 0 Å². The zero-order valence-electron chi connectivity index (χ0n) is 29.9. The van der Waals surface area contributed by atoms with Crippen LogP contribution in [0.1, 0.15) is 54.2 Å². The number of hydrogen-bond acceptors (Lipinski definition) is 5. The highest BCUT2D eigenvalue weighted by Crippen LogP contribution is 2.42. The number of rotatable bonds is 13. The Bertz CT molecular complexity index is 1800. The van der Waals surface area contributed by atoms with Gasteiger partial charge >= 0.3 is 11.9 Å². The van der Waals surface area contributed by atoms with Crippen LogP contribution in [0.15, 0.2) is 182 Å². The second-order valence-corrected chi connectivity index (χ2v) is 13.0. The Morgan fingerprint density at radius 3 is 0.887 bits per heavy atom. The molecule has 0 spiro atoms. The molecule has 0 aliphatic rings. The molecule has 7 heteroatoms. The molecule has 0 saturated carbocycles. The maximum atomic E-state index is 12.5. The standard InChI is InChI=1S/C24H23ClO3.C22H20O3/c1-18(23(26)27-19(2)25)28-24(20-12-6-3-7-13-20,21-14-8-4-9-15-21)22-16-10-5-11-17-22;1-17(21(23)24)25-22(18-11-5-2-6-12-18,19-13-7-3-8-14-19)20-15-9-4-10-16-20/h3-19H,1-2H3;2-17H,1H3,(H,23,24)/t18-,19?;17-/m11/s1. The van der Waals surface area contributed by atoms with Crippen molar-refractivity contribution in [3.05, 3.63) is 215 Å². The fraction of sp³-hybridized carbons (Fsp3) is 0.174. The van der Waals surface area contributed by atoms with E-state index in [9.17, 15) is 14.7 Å². The van der Waals surface area contributed by atoms with Crippen molar-refractivity contribution in [2.75, 3.05) is 0 Å². The largest absolute Gasteiger partial charge is 0.479 e. The van der Waals surface area contributed by atoms with E-state index in [0.29, 0.717) is 0 Å². The molecule has 0 amide bonds. The normalized spacial score (nSPS) is 13.1. The van der Waals surface area contributed by atoms with Crippen molar-refractivity contribution in [3.8, 4) is 0 Å². The Kier molecular flexibility index (Phi) is 13.4. The molecule has 0 saturated heterocycles. The van der Waals surface area contributed by atoms with Crippen LogP contribution in [0.2, 0.25) is 0 Å². The van der Waals surface area contributed by atoms with Gasteiger partial charge in [0.25, 0.3) is 0 Å². The number of carboxylic acids is 1. The summed E-state index contributed by atoms with van der Waals surface area (Å²) in [6, 6.07) is 58.9. The van der Waals surface area contributed by atoms with E-state index in [1.165, 1.54) is 0 Å². The van der Waals surface area contributed by atoms with Gasteiger partial charge in [0.2, 0.25) is 0 Å². The third-order valence-electron chi connectivity index (χ3n) is 8.75. The maximum Gasteiger partial charge on any atom is 0.336 e. The maximum absolute atomic E-state index is 12.5. The second kappa shape index (κ2) is 18.3. The molecule has 3 atom stereocenters. The zero-order chi connectivity index (χ0) is 37.7. The molecule has 0 aliphatic heterocycles. The fourth-order valence-corrected chi connectivity index (χ4v) is 6.42. The van der Waals surface area contributed by atoms with Crippen LogP contribution in [0.3, 0.4) is 0 Å². The molecule has 270 valence electrons. The Morgan fingerprint density at radius 1 is 0.453 bits per heavy atom. The molecule has 6 nitrogen and oxygen atoms in total. The number of carbonyl (C=O) groups excluding carboxylic acids is 1. The molecule has 6 aromatic rings. The highest BCUT2D eigenvalue weighted by atomic mass is 35.5. The first-order chi connectivity index (χ1) is 25.7. The minimum absolute atomic E-state index is 0.505. The van der Waals surface area contributed by atoms with Crippen LogP contribution in [0, 0.1) is 0 Å². The van der Waals surface area contributed by atoms with Crippen LogP contribution in [0.4, 0.5) is 0 Å². The molecule has 0 radical (unpaired) electrons. The average Bonchev–Trinajstić information content (AvgIpc) is 3.21. The quantitative estimate of drug-likeness (QED) is 0.0725. The molecular formula is C46H43ClO6. The van der Waals surface area contributed by atoms with Gasteiger partial charge in [-0.15, -0.1) is 0 Å². The number of esters is 1. The van der Waals surface area contributed by atoms with Crippen molar-refractivity contribution in [3.63, 3.8) is 0 Å². The number of carbonyl (C=O) groups is 2. The van der Waals surface area contributed by atoms with Crippen molar-refractivity contribution >= 4 is 23.5 Å². The van der Waals surface area contributed by atoms with Crippen LogP contribution in [-0.2, 0) is 35.0 Å². The third kappa shape index (κ3) is 9.10. The van der Waals surface area contributed by atoms with Crippen molar-refractivity contribution < 1.29 is 28.9 Å². The minimum atomic E-state index is -0.998. The van der Waals surface area contributed by atoms with Crippen LogP contribution in [0.5, 0.6) is 0 Å². The first kappa shape index (κ1) is 38.7. The van der Waals surface area contributed by atoms with E-state index in [4.69, 9.17) is 25.8 Å². The monoisotopic (exact) mass is 726 g/mol. The third-order valence-corrected chi connectivity index (χ3v) is 8.84. The molecule has 0 bridgehead atoms. The van der Waals surface area contributed by atoms with Crippen LogP contribution in [-0.4, -0.2) is 34.8 Å². The molecule has 1 N–H and O–H groups in total. The number of alkyl halides is 1. The second-order valence-electron chi connectivity index (χ2n) is 12.4. The number of hydrogen-bond donors (Lipinski definition) is 1. The van der Waals surface area contributed by atoms with Gasteiger partial charge in [0.05, 0.1) is 0 Å². The highest BCUT2D eigenvalue weighted by molar-refractivity contribution is 6.20. The summed E-state index contributed by atoms with van der Waals surface area (Å²) in [5, 5.41) is 9.46. The first-order valence-corrected chi connectivity index (χ1v) is 17.9. The lowest BCUT2D eigenvalue weighted by molar-refractivity contribution is -0.164. The smallest absolute Gasteiger partial charge is 0.336 e. The Morgan fingerprint density at radius 2 is 0.679 bits per heavy atom. The van der Waals surface area contributed by atoms with Crippen molar-refractivity contribution in [1.29, 1.82) is 0 Å². The van der Waals surface area contributed by atoms with Gasteiger partial charge in [-0.1, -0.05) is 194 Å². The topological polar surface area (TPSA) is 82.1 Å². The summed E-state index contributed by atoms with van der Waals surface area (Å²) in [6.07, 6.45) is -1.80. The summed E-state index contributed by atoms with van der Waals surface area (Å²) in [5.41, 5.74) is 2.74. The van der Waals surface area contributed by atoms with E-state index in [-0.39, 0.29) is 0 Å². The van der Waals surface area contributed by atoms with Gasteiger partial charge in [0.15, 0.2) is 17.8 Å². The number of benzene rings is 6. The molecule has 6 aromatic carbocycles. The lowest BCUT2D eigenvalue weighted by Gasteiger charge is -2.37. The molecule has 0 aromatic heterocycles. The van der Waals surface area contributed by atoms with Crippen molar-refractivity contribution in [2.45, 2.75) is 49.7 Å². The Balaban J connectivity index is 0.000000206. The lowest BCUT2D eigenvalue weighted by atomic mass is 9.80. The van der Waals surface area contributed by atoms with Gasteiger partial charge in [0.1, 0.15) is 11.2 Å². The van der Waals surface area contributed by atoms with Crippen LogP contribution < -0.4 is 0 Å². The Labute approximate surface area is 316 Å². The summed E-state index contributed by atoms with van der Waals surface area (Å²) < 4.78 is 18.0. The summed E-state index contributed by atoms with van der Waals surface area (Å²) in [5.74, 6) is -1.50. The summed E-state index contributed by atoms with van der Waals surface area (Å²) >= 11 is 5.84. The predicted molar refractivity (Wildman–Crippen MR) is 209 cm³/mol. The molecule has 53 heavy (non-hydrogen) atoms. The number of aliphatic carboxylic acids is 1. The zero-order valence-corrected chi connectivity index (χ0v) is 30.7. The number of ether oxygens (including phenoxy) is 3. The minimum Gasteiger partial charge on any atom is -0.479 e. The van der Waals surface area contributed by atoms with Gasteiger partial charge in [-0.2, -0.15) is 0 Å². The molecular weight excluding hydrogens is 684 g/mol. The van der Waals surface area contributed by atoms with E-state index in [1.54, 1.807) is 20.8 Å². The van der Waals surface area contributed by atoms with Gasteiger partial charge < -0.3 is 19.3 Å². The predicted octanol–water partition coefficient (Wildman–Crippen LogP) is 9.98. The van der Waals surface area contributed by atoms with E-state index < -0.39 is 40.9 Å². The van der Waals surface area contributed by atoms with Crippen LogP contribution >= 0.6 is 11.6 Å². The highest BCUT2D eigenvalue weighted by Gasteiger charge is 2.42. The lowest BCUT2D eigenvalue weighted by Crippen LogP contribution is -2.39. The van der Waals surface area contributed by atoms with E-state index in [1.807, 2.05) is 182 Å². The molecule has 6 rings (SSSR count). The first-order valence-electron chi connectivity index (χ1n) is 17.4. The molecule has 0 fully saturated rings.